The molecule has 33 heavy (non-hydrogen) atoms. The normalized spacial score (nSPS) is 17.7. The topological polar surface area (TPSA) is 45.0 Å². The van der Waals surface area contributed by atoms with Gasteiger partial charge in [0.25, 0.3) is 0 Å². The van der Waals surface area contributed by atoms with Gasteiger partial charge in [-0.2, -0.15) is 5.11 Å². The van der Waals surface area contributed by atoms with Gasteiger partial charge in [0.15, 0.2) is 0 Å². The van der Waals surface area contributed by atoms with Crippen LogP contribution in [0.5, 0.6) is 5.75 Å². The highest BCUT2D eigenvalue weighted by Crippen LogP contribution is 2.56. The van der Waals surface area contributed by atoms with Crippen LogP contribution < -0.4 is 0 Å². The zero-order valence-corrected chi connectivity index (χ0v) is 17.8. The molecule has 0 radical (unpaired) electrons. The number of hydrogen-bond acceptors (Lipinski definition) is 3. The van der Waals surface area contributed by atoms with Gasteiger partial charge in [0.1, 0.15) is 11.4 Å². The molecule has 3 aliphatic rings. The highest BCUT2D eigenvalue weighted by atomic mass is 16.3. The minimum absolute atomic E-state index is 0.136. The van der Waals surface area contributed by atoms with Gasteiger partial charge in [0, 0.05) is 17.2 Å². The first-order valence-corrected chi connectivity index (χ1v) is 11.2. The van der Waals surface area contributed by atoms with Crippen molar-refractivity contribution in [3.05, 3.63) is 137 Å². The fourth-order valence-electron chi connectivity index (χ4n) is 5.67. The van der Waals surface area contributed by atoms with Gasteiger partial charge in [0.05, 0.1) is 5.69 Å². The Balaban J connectivity index is 1.36. The molecule has 0 aliphatic heterocycles. The quantitative estimate of drug-likeness (QED) is 0.281. The summed E-state index contributed by atoms with van der Waals surface area (Å²) in [6.45, 7) is 0. The lowest BCUT2D eigenvalue weighted by Crippen LogP contribution is -2.27. The smallest absolute Gasteiger partial charge is 0.143 e. The molecule has 3 nitrogen and oxygen atoms in total. The van der Waals surface area contributed by atoms with Crippen LogP contribution in [0, 0.1) is 0 Å². The van der Waals surface area contributed by atoms with E-state index in [4.69, 9.17) is 0 Å². The van der Waals surface area contributed by atoms with E-state index in [9.17, 15) is 5.11 Å². The largest absolute Gasteiger partial charge is 0.506 e. The van der Waals surface area contributed by atoms with Gasteiger partial charge in [0.2, 0.25) is 0 Å². The second-order valence-electron chi connectivity index (χ2n) is 8.79. The van der Waals surface area contributed by atoms with Crippen molar-refractivity contribution in [1.29, 1.82) is 0 Å². The molecule has 8 rings (SSSR count). The fourth-order valence-corrected chi connectivity index (χ4v) is 5.67. The molecular weight excluding hydrogens is 404 g/mol. The number of aromatic hydroxyl groups is 1. The Morgan fingerprint density at radius 1 is 0.515 bits per heavy atom. The van der Waals surface area contributed by atoms with Crippen LogP contribution in [-0.4, -0.2) is 5.11 Å². The number of nitrogens with zero attached hydrogens (tertiary/aromatic N) is 2. The minimum atomic E-state index is 0.136. The van der Waals surface area contributed by atoms with E-state index < -0.39 is 0 Å². The van der Waals surface area contributed by atoms with Gasteiger partial charge in [-0.15, -0.1) is 5.11 Å². The molecule has 1 N–H and O–H groups in total. The van der Waals surface area contributed by atoms with E-state index in [1.54, 1.807) is 6.07 Å². The molecular formula is C30H20N2O. The first-order valence-electron chi connectivity index (χ1n) is 11.2. The van der Waals surface area contributed by atoms with Crippen LogP contribution in [0.25, 0.3) is 10.8 Å². The molecule has 5 aromatic carbocycles. The summed E-state index contributed by atoms with van der Waals surface area (Å²) in [4.78, 5) is 0. The minimum Gasteiger partial charge on any atom is -0.506 e. The third kappa shape index (κ3) is 2.63. The second-order valence-corrected chi connectivity index (χ2v) is 8.79. The fraction of sp³-hybridized carbons (Fsp3) is 0.0667. The third-order valence-electron chi connectivity index (χ3n) is 7.07. The molecule has 0 fully saturated rings. The van der Waals surface area contributed by atoms with Crippen LogP contribution in [0.4, 0.5) is 11.4 Å². The lowest BCUT2D eigenvalue weighted by Gasteiger charge is -2.42. The molecule has 5 aromatic rings. The molecule has 2 bridgehead atoms. The SMILES string of the molecule is Oc1ccc2ccccc2c1N=Nc1ccc2c(c1)C1c3ccccc3C2c2ccccc21. The van der Waals surface area contributed by atoms with E-state index in [0.717, 1.165) is 16.5 Å². The molecule has 0 saturated heterocycles. The summed E-state index contributed by atoms with van der Waals surface area (Å²) < 4.78 is 0. The average molecular weight is 425 g/mol. The van der Waals surface area contributed by atoms with Gasteiger partial charge in [-0.05, 0) is 57.0 Å². The van der Waals surface area contributed by atoms with E-state index in [2.05, 4.69) is 70.9 Å². The van der Waals surface area contributed by atoms with Crippen molar-refractivity contribution in [3.63, 3.8) is 0 Å². The monoisotopic (exact) mass is 424 g/mol. The molecule has 0 unspecified atom stereocenters. The molecule has 0 spiro atoms. The van der Waals surface area contributed by atoms with Gasteiger partial charge in [-0.1, -0.05) is 84.9 Å². The van der Waals surface area contributed by atoms with Gasteiger partial charge in [-0.25, -0.2) is 0 Å². The number of azo groups is 1. The Morgan fingerprint density at radius 3 is 1.79 bits per heavy atom. The molecule has 0 amide bonds. The van der Waals surface area contributed by atoms with Gasteiger partial charge < -0.3 is 5.11 Å². The summed E-state index contributed by atoms with van der Waals surface area (Å²) in [5.74, 6) is 0.598. The maximum Gasteiger partial charge on any atom is 0.143 e. The van der Waals surface area contributed by atoms with E-state index in [1.165, 1.54) is 33.4 Å². The number of hydrogen-bond donors (Lipinski definition) is 1. The standard InChI is InChI=1S/C30H20N2O/c33-27-16-13-18-7-1-2-8-20(18)30(27)32-31-19-14-15-25-26(17-19)29-23-11-5-3-9-21(23)28(25)22-10-4-6-12-24(22)29/h1-17,28-29,33H. The maximum atomic E-state index is 10.4. The van der Waals surface area contributed by atoms with E-state index in [1.807, 2.05) is 36.4 Å². The van der Waals surface area contributed by atoms with Crippen LogP contribution in [-0.2, 0) is 0 Å². The van der Waals surface area contributed by atoms with Crippen LogP contribution in [0.2, 0.25) is 0 Å². The van der Waals surface area contributed by atoms with E-state index >= 15 is 0 Å². The highest BCUT2D eigenvalue weighted by Gasteiger charge is 2.40. The Bertz CT molecular complexity index is 1550. The molecule has 0 aromatic heterocycles. The lowest BCUT2D eigenvalue weighted by atomic mass is 9.61. The third-order valence-corrected chi connectivity index (χ3v) is 7.07. The van der Waals surface area contributed by atoms with Crippen molar-refractivity contribution in [2.24, 2.45) is 10.2 Å². The van der Waals surface area contributed by atoms with Crippen LogP contribution >= 0.6 is 0 Å². The predicted molar refractivity (Wildman–Crippen MR) is 131 cm³/mol. The first kappa shape index (κ1) is 18.3. The van der Waals surface area contributed by atoms with Gasteiger partial charge in [-0.3, -0.25) is 0 Å². The van der Waals surface area contributed by atoms with Crippen LogP contribution in [0.15, 0.2) is 113 Å². The van der Waals surface area contributed by atoms with Crippen molar-refractivity contribution in [3.8, 4) is 5.75 Å². The zero-order valence-electron chi connectivity index (χ0n) is 17.8. The molecule has 156 valence electrons. The summed E-state index contributed by atoms with van der Waals surface area (Å²) >= 11 is 0. The van der Waals surface area contributed by atoms with Gasteiger partial charge >= 0.3 is 0 Å². The average Bonchev–Trinajstić information content (AvgIpc) is 2.87. The van der Waals surface area contributed by atoms with Crippen molar-refractivity contribution >= 4 is 22.1 Å². The summed E-state index contributed by atoms with van der Waals surface area (Å²) in [5, 5.41) is 21.4. The predicted octanol–water partition coefficient (Wildman–Crippen LogP) is 7.95. The van der Waals surface area contributed by atoms with Crippen molar-refractivity contribution in [1.82, 2.24) is 0 Å². The zero-order chi connectivity index (χ0) is 21.9. The molecule has 0 heterocycles. The van der Waals surface area contributed by atoms with Crippen molar-refractivity contribution < 1.29 is 5.11 Å². The second kappa shape index (κ2) is 6.88. The van der Waals surface area contributed by atoms with E-state index in [0.29, 0.717) is 5.69 Å². The Labute approximate surface area is 191 Å². The highest BCUT2D eigenvalue weighted by molar-refractivity contribution is 5.95. The Kier molecular flexibility index (Phi) is 3.82. The lowest BCUT2D eigenvalue weighted by molar-refractivity contribution is 0.477. The summed E-state index contributed by atoms with van der Waals surface area (Å²) in [5.41, 5.74) is 9.53. The summed E-state index contributed by atoms with van der Waals surface area (Å²) in [6, 6.07) is 35.5. The van der Waals surface area contributed by atoms with Crippen molar-refractivity contribution in [2.45, 2.75) is 11.8 Å². The molecule has 0 saturated carbocycles. The number of phenols is 1. The van der Waals surface area contributed by atoms with E-state index in [-0.39, 0.29) is 17.6 Å². The Hall–Kier alpha value is -4.24. The van der Waals surface area contributed by atoms with Crippen molar-refractivity contribution in [2.75, 3.05) is 0 Å². The van der Waals surface area contributed by atoms with Crippen LogP contribution in [0.3, 0.4) is 0 Å². The number of benzene rings is 5. The number of phenolic OH excluding ortho intramolecular Hbond substituents is 1. The number of fused-ring (bicyclic) bond motifs is 1. The molecule has 3 aliphatic carbocycles. The van der Waals surface area contributed by atoms with Crippen LogP contribution in [0.1, 0.15) is 45.2 Å². The molecule has 0 atom stereocenters. The Morgan fingerprint density at radius 2 is 1.09 bits per heavy atom. The number of rotatable bonds is 2. The first-order chi connectivity index (χ1) is 16.3. The molecule has 3 heteroatoms. The summed E-state index contributed by atoms with van der Waals surface area (Å²) in [6.07, 6.45) is 0. The summed E-state index contributed by atoms with van der Waals surface area (Å²) in [7, 11) is 0. The maximum absolute atomic E-state index is 10.4.